The lowest BCUT2D eigenvalue weighted by Gasteiger charge is -2.14. The van der Waals surface area contributed by atoms with Crippen molar-refractivity contribution in [3.63, 3.8) is 0 Å². The molecule has 9 heteroatoms. The Morgan fingerprint density at radius 2 is 1.82 bits per heavy atom. The fourth-order valence-electron chi connectivity index (χ4n) is 3.21. The van der Waals surface area contributed by atoms with Crippen molar-refractivity contribution in [1.29, 1.82) is 0 Å². The summed E-state index contributed by atoms with van der Waals surface area (Å²) in [6.07, 6.45) is -0.685. The lowest BCUT2D eigenvalue weighted by Crippen LogP contribution is -2.30. The zero-order valence-electron chi connectivity index (χ0n) is 18.7. The minimum atomic E-state index is -0.685. The van der Waals surface area contributed by atoms with Gasteiger partial charge in [0.1, 0.15) is 11.6 Å². The first kappa shape index (κ1) is 22.3. The van der Waals surface area contributed by atoms with Crippen LogP contribution in [0.25, 0.3) is 16.4 Å². The third-order valence-corrected chi connectivity index (χ3v) is 5.68. The molecule has 0 spiro atoms. The number of rotatable bonds is 8. The second-order valence-electron chi connectivity index (χ2n) is 7.23. The van der Waals surface area contributed by atoms with Crippen LogP contribution in [0.1, 0.15) is 12.6 Å². The van der Waals surface area contributed by atoms with Crippen molar-refractivity contribution in [3.8, 4) is 33.6 Å². The van der Waals surface area contributed by atoms with Gasteiger partial charge in [-0.2, -0.15) is 9.78 Å². The van der Waals surface area contributed by atoms with E-state index in [2.05, 4.69) is 10.4 Å². The fraction of sp³-hybridized carbons (Fsp3) is 0.208. The van der Waals surface area contributed by atoms with Crippen molar-refractivity contribution in [3.05, 3.63) is 65.7 Å². The van der Waals surface area contributed by atoms with E-state index < -0.39 is 6.10 Å². The van der Waals surface area contributed by atoms with Crippen LogP contribution >= 0.6 is 11.3 Å². The highest BCUT2D eigenvalue weighted by molar-refractivity contribution is 7.12. The third kappa shape index (κ3) is 4.98. The van der Waals surface area contributed by atoms with Crippen LogP contribution in [-0.2, 0) is 4.79 Å². The minimum Gasteiger partial charge on any atom is -0.493 e. The normalized spacial score (nSPS) is 11.6. The standard InChI is InChI=1S/C24H24N4O4S/c1-15-12-22(26-23(29)16(2)32-18-8-6-5-7-9-18)28(27-15)24-25-19(14-33-24)17-10-11-20(30-3)21(13-17)31-4/h5-14,16H,1-4H3,(H,26,29)/t16-/m0/s1. The Morgan fingerprint density at radius 3 is 2.55 bits per heavy atom. The molecule has 170 valence electrons. The summed E-state index contributed by atoms with van der Waals surface area (Å²) >= 11 is 1.42. The summed E-state index contributed by atoms with van der Waals surface area (Å²) in [5, 5.41) is 9.96. The number of nitrogens with zero attached hydrogens (tertiary/aromatic N) is 3. The summed E-state index contributed by atoms with van der Waals surface area (Å²) in [6.45, 7) is 3.56. The van der Waals surface area contributed by atoms with Crippen LogP contribution in [0.2, 0.25) is 0 Å². The van der Waals surface area contributed by atoms with Gasteiger partial charge in [0.15, 0.2) is 17.6 Å². The van der Waals surface area contributed by atoms with Gasteiger partial charge in [-0.3, -0.25) is 4.79 Å². The molecule has 0 aliphatic rings. The number of thiazole rings is 1. The lowest BCUT2D eigenvalue weighted by molar-refractivity contribution is -0.122. The van der Waals surface area contributed by atoms with E-state index >= 15 is 0 Å². The predicted octanol–water partition coefficient (Wildman–Crippen LogP) is 4.73. The highest BCUT2D eigenvalue weighted by Gasteiger charge is 2.19. The number of carbonyl (C=O) groups is 1. The van der Waals surface area contributed by atoms with Crippen LogP contribution in [0.3, 0.4) is 0 Å². The van der Waals surface area contributed by atoms with Crippen molar-refractivity contribution < 1.29 is 19.0 Å². The van der Waals surface area contributed by atoms with Crippen molar-refractivity contribution >= 4 is 23.1 Å². The number of benzene rings is 2. The van der Waals surface area contributed by atoms with Gasteiger partial charge < -0.3 is 19.5 Å². The molecule has 2 aromatic carbocycles. The quantitative estimate of drug-likeness (QED) is 0.406. The molecule has 33 heavy (non-hydrogen) atoms. The Balaban J connectivity index is 1.54. The maximum Gasteiger partial charge on any atom is 0.266 e. The maximum absolute atomic E-state index is 12.7. The topological polar surface area (TPSA) is 87.5 Å². The molecule has 2 heterocycles. The summed E-state index contributed by atoms with van der Waals surface area (Å²) in [5.41, 5.74) is 2.40. The van der Waals surface area contributed by atoms with Crippen LogP contribution in [0, 0.1) is 6.92 Å². The second kappa shape index (κ2) is 9.74. The SMILES string of the molecule is COc1ccc(-c2csc(-n3nc(C)cc3NC(=O)[C@H](C)Oc3ccccc3)n2)cc1OC. The van der Waals surface area contributed by atoms with Crippen molar-refractivity contribution in [1.82, 2.24) is 14.8 Å². The number of ether oxygens (including phenoxy) is 3. The maximum atomic E-state index is 12.7. The molecular formula is C24H24N4O4S. The number of para-hydroxylation sites is 1. The summed E-state index contributed by atoms with van der Waals surface area (Å²) in [6, 6.07) is 16.6. The molecule has 0 aliphatic heterocycles. The Hall–Kier alpha value is -3.85. The Labute approximate surface area is 195 Å². The van der Waals surface area contributed by atoms with Crippen LogP contribution in [0.15, 0.2) is 60.0 Å². The fourth-order valence-corrected chi connectivity index (χ4v) is 4.00. The number of carbonyl (C=O) groups excluding carboxylic acids is 1. The second-order valence-corrected chi connectivity index (χ2v) is 8.07. The molecule has 0 saturated heterocycles. The van der Waals surface area contributed by atoms with Crippen LogP contribution in [0.5, 0.6) is 17.2 Å². The number of hydrogen-bond acceptors (Lipinski definition) is 7. The monoisotopic (exact) mass is 464 g/mol. The molecule has 0 unspecified atom stereocenters. The average Bonchev–Trinajstić information content (AvgIpc) is 3.45. The van der Waals surface area contributed by atoms with E-state index in [1.165, 1.54) is 11.3 Å². The largest absolute Gasteiger partial charge is 0.493 e. The number of aromatic nitrogens is 3. The molecule has 0 fully saturated rings. The van der Waals surface area contributed by atoms with E-state index in [4.69, 9.17) is 19.2 Å². The molecule has 0 aliphatic carbocycles. The summed E-state index contributed by atoms with van der Waals surface area (Å²) < 4.78 is 18.1. The van der Waals surface area contributed by atoms with E-state index in [1.54, 1.807) is 31.9 Å². The molecule has 2 aromatic heterocycles. The number of aryl methyl sites for hydroxylation is 1. The average molecular weight is 465 g/mol. The number of nitrogens with one attached hydrogen (secondary N) is 1. The highest BCUT2D eigenvalue weighted by atomic mass is 32.1. The number of amides is 1. The molecule has 8 nitrogen and oxygen atoms in total. The minimum absolute atomic E-state index is 0.281. The molecule has 4 rings (SSSR count). The van der Waals surface area contributed by atoms with E-state index in [-0.39, 0.29) is 5.91 Å². The van der Waals surface area contributed by atoms with E-state index in [1.807, 2.05) is 60.8 Å². The Kier molecular flexibility index (Phi) is 6.60. The zero-order valence-corrected chi connectivity index (χ0v) is 19.6. The predicted molar refractivity (Wildman–Crippen MR) is 128 cm³/mol. The molecule has 1 N–H and O–H groups in total. The van der Waals surface area contributed by atoms with E-state index in [9.17, 15) is 4.79 Å². The van der Waals surface area contributed by atoms with Crippen molar-refractivity contribution in [2.24, 2.45) is 0 Å². The number of anilines is 1. The first-order valence-electron chi connectivity index (χ1n) is 10.3. The summed E-state index contributed by atoms with van der Waals surface area (Å²) in [5.74, 6) is 2.14. The molecule has 1 amide bonds. The van der Waals surface area contributed by atoms with Crippen LogP contribution < -0.4 is 19.5 Å². The van der Waals surface area contributed by atoms with Crippen molar-refractivity contribution in [2.45, 2.75) is 20.0 Å². The first-order valence-corrected chi connectivity index (χ1v) is 11.1. The molecule has 0 radical (unpaired) electrons. The van der Waals surface area contributed by atoms with Gasteiger partial charge in [0.25, 0.3) is 5.91 Å². The van der Waals surface area contributed by atoms with Gasteiger partial charge in [0.05, 0.1) is 25.6 Å². The van der Waals surface area contributed by atoms with Crippen LogP contribution in [0.4, 0.5) is 5.82 Å². The van der Waals surface area contributed by atoms with Gasteiger partial charge in [-0.25, -0.2) is 4.98 Å². The number of methoxy groups -OCH3 is 2. The lowest BCUT2D eigenvalue weighted by atomic mass is 10.1. The molecule has 4 aromatic rings. The zero-order chi connectivity index (χ0) is 23.4. The highest BCUT2D eigenvalue weighted by Crippen LogP contribution is 2.33. The van der Waals surface area contributed by atoms with E-state index in [0.29, 0.717) is 28.2 Å². The van der Waals surface area contributed by atoms with Gasteiger partial charge in [-0.1, -0.05) is 18.2 Å². The molecular weight excluding hydrogens is 440 g/mol. The summed E-state index contributed by atoms with van der Waals surface area (Å²) in [4.78, 5) is 17.5. The summed E-state index contributed by atoms with van der Waals surface area (Å²) in [7, 11) is 3.19. The van der Waals surface area contributed by atoms with Crippen molar-refractivity contribution in [2.75, 3.05) is 19.5 Å². The van der Waals surface area contributed by atoms with Gasteiger partial charge in [0.2, 0.25) is 5.13 Å². The van der Waals surface area contributed by atoms with E-state index in [0.717, 1.165) is 17.0 Å². The first-order chi connectivity index (χ1) is 16.0. The third-order valence-electron chi connectivity index (χ3n) is 4.86. The molecule has 0 saturated carbocycles. The molecule has 1 atom stereocenters. The number of hydrogen-bond donors (Lipinski definition) is 1. The Morgan fingerprint density at radius 1 is 1.06 bits per heavy atom. The smallest absolute Gasteiger partial charge is 0.266 e. The van der Waals surface area contributed by atoms with Gasteiger partial charge >= 0.3 is 0 Å². The molecule has 0 bridgehead atoms. The van der Waals surface area contributed by atoms with Gasteiger partial charge in [-0.05, 0) is 44.2 Å². The van der Waals surface area contributed by atoms with Crippen LogP contribution in [-0.4, -0.2) is 41.0 Å². The van der Waals surface area contributed by atoms with Gasteiger partial charge in [-0.15, -0.1) is 11.3 Å². The Bertz CT molecular complexity index is 1250. The van der Waals surface area contributed by atoms with Gasteiger partial charge in [0, 0.05) is 17.0 Å².